The number of carbonyl (C=O) groups excluding carboxylic acids is 3. The van der Waals surface area contributed by atoms with Crippen molar-refractivity contribution in [1.82, 2.24) is 10.0 Å². The molecule has 2 N–H and O–H groups in total. The van der Waals surface area contributed by atoms with E-state index in [9.17, 15) is 22.8 Å². The van der Waals surface area contributed by atoms with Gasteiger partial charge in [0.05, 0.1) is 11.1 Å². The number of ketones is 1. The van der Waals surface area contributed by atoms with E-state index in [4.69, 9.17) is 4.74 Å². The van der Waals surface area contributed by atoms with Gasteiger partial charge in [-0.05, 0) is 30.7 Å². The Labute approximate surface area is 167 Å². The summed E-state index contributed by atoms with van der Waals surface area (Å²) in [4.78, 5) is 36.9. The monoisotopic (exact) mass is 424 g/mol. The van der Waals surface area contributed by atoms with Crippen LogP contribution in [0.2, 0.25) is 0 Å². The lowest BCUT2D eigenvalue weighted by Crippen LogP contribution is -2.31. The highest BCUT2D eigenvalue weighted by atomic mass is 32.2. The van der Waals surface area contributed by atoms with E-state index in [0.29, 0.717) is 16.9 Å². The smallest absolute Gasteiger partial charge is 0.325 e. The molecule has 0 aliphatic rings. The van der Waals surface area contributed by atoms with Crippen LogP contribution >= 0.6 is 11.3 Å². The third kappa shape index (κ3) is 7.59. The fourth-order valence-electron chi connectivity index (χ4n) is 2.13. The molecule has 0 saturated heterocycles. The number of carbonyl (C=O) groups is 3. The van der Waals surface area contributed by atoms with E-state index in [-0.39, 0.29) is 18.9 Å². The molecule has 0 bridgehead atoms. The number of nitrogens with one attached hydrogen (secondary N) is 2. The Bertz CT molecular complexity index is 938. The van der Waals surface area contributed by atoms with Crippen molar-refractivity contribution in [2.45, 2.75) is 6.42 Å². The first kappa shape index (κ1) is 21.7. The van der Waals surface area contributed by atoms with Crippen molar-refractivity contribution >= 4 is 39.0 Å². The third-order valence-corrected chi connectivity index (χ3v) is 5.38. The Morgan fingerprint density at radius 1 is 1.07 bits per heavy atom. The number of esters is 1. The zero-order valence-electron chi connectivity index (χ0n) is 15.1. The van der Waals surface area contributed by atoms with Crippen LogP contribution in [0.4, 0.5) is 0 Å². The molecule has 28 heavy (non-hydrogen) atoms. The minimum Gasteiger partial charge on any atom is -0.456 e. The lowest BCUT2D eigenvalue weighted by atomic mass is 10.2. The van der Waals surface area contributed by atoms with Crippen LogP contribution in [0.15, 0.2) is 42.5 Å². The average Bonchev–Trinajstić information content (AvgIpc) is 3.12. The topological polar surface area (TPSA) is 119 Å². The van der Waals surface area contributed by atoms with Gasteiger partial charge in [-0.3, -0.25) is 14.4 Å². The van der Waals surface area contributed by atoms with Crippen LogP contribution in [0.1, 0.15) is 24.9 Å². The molecule has 0 atom stereocenters. The summed E-state index contributed by atoms with van der Waals surface area (Å²) in [6.07, 6.45) is 1.53. The van der Waals surface area contributed by atoms with Crippen LogP contribution in [0.5, 0.6) is 0 Å². The second-order valence-electron chi connectivity index (χ2n) is 5.82. The molecule has 0 radical (unpaired) electrons. The molecule has 0 fully saturated rings. The largest absolute Gasteiger partial charge is 0.456 e. The maximum atomic E-state index is 12.1. The van der Waals surface area contributed by atoms with Crippen LogP contribution in [0.3, 0.4) is 0 Å². The summed E-state index contributed by atoms with van der Waals surface area (Å²) in [7, 11) is -3.25. The van der Waals surface area contributed by atoms with Gasteiger partial charge in [0.25, 0.3) is 5.91 Å². The van der Waals surface area contributed by atoms with E-state index >= 15 is 0 Å². The zero-order valence-corrected chi connectivity index (χ0v) is 16.8. The lowest BCUT2D eigenvalue weighted by molar-refractivity contribution is -0.141. The van der Waals surface area contributed by atoms with Gasteiger partial charge in [0.1, 0.15) is 6.54 Å². The van der Waals surface area contributed by atoms with Crippen molar-refractivity contribution < 1.29 is 27.5 Å². The van der Waals surface area contributed by atoms with E-state index in [1.54, 1.807) is 42.5 Å². The maximum absolute atomic E-state index is 12.1. The predicted octanol–water partition coefficient (Wildman–Crippen LogP) is 0.996. The number of thiophene rings is 1. The first-order valence-electron chi connectivity index (χ1n) is 8.30. The molecule has 0 aliphatic carbocycles. The fourth-order valence-corrected chi connectivity index (χ4v) is 3.54. The second kappa shape index (κ2) is 10.1. The second-order valence-corrected chi connectivity index (χ2v) is 8.82. The summed E-state index contributed by atoms with van der Waals surface area (Å²) in [5, 5.41) is 2.42. The number of hydrogen-bond acceptors (Lipinski definition) is 7. The summed E-state index contributed by atoms with van der Waals surface area (Å²) < 4.78 is 29.3. The highest BCUT2D eigenvalue weighted by Crippen LogP contribution is 2.17. The van der Waals surface area contributed by atoms with Crippen molar-refractivity contribution in [3.8, 4) is 0 Å². The molecular weight excluding hydrogens is 404 g/mol. The first-order valence-corrected chi connectivity index (χ1v) is 11.0. The summed E-state index contributed by atoms with van der Waals surface area (Å²) in [6, 6.07) is 11.7. The highest BCUT2D eigenvalue weighted by Gasteiger charge is 2.14. The predicted molar refractivity (Wildman–Crippen MR) is 105 cm³/mol. The SMILES string of the molecule is CS(=O)(=O)NCCc1ccc(C(=O)COC(=O)CNC(=O)c2ccccc2)s1. The molecule has 2 aromatic rings. The molecule has 0 saturated carbocycles. The van der Waals surface area contributed by atoms with Crippen molar-refractivity contribution in [3.63, 3.8) is 0 Å². The summed E-state index contributed by atoms with van der Waals surface area (Å²) in [5.74, 6) is -1.49. The van der Waals surface area contributed by atoms with Crippen molar-refractivity contribution in [2.75, 3.05) is 26.0 Å². The Kier molecular flexibility index (Phi) is 7.85. The molecule has 1 aromatic carbocycles. The van der Waals surface area contributed by atoms with E-state index in [0.717, 1.165) is 11.1 Å². The molecule has 0 unspecified atom stereocenters. The van der Waals surface area contributed by atoms with Crippen LogP contribution in [0.25, 0.3) is 0 Å². The van der Waals surface area contributed by atoms with Gasteiger partial charge in [-0.15, -0.1) is 11.3 Å². The van der Waals surface area contributed by atoms with Gasteiger partial charge in [0.2, 0.25) is 15.8 Å². The summed E-state index contributed by atoms with van der Waals surface area (Å²) >= 11 is 1.21. The average molecular weight is 425 g/mol. The van der Waals surface area contributed by atoms with E-state index in [1.165, 1.54) is 11.3 Å². The summed E-state index contributed by atoms with van der Waals surface area (Å²) in [6.45, 7) is -0.529. The fraction of sp³-hybridized carbons (Fsp3) is 0.278. The molecular formula is C18H20N2O6S2. The van der Waals surface area contributed by atoms with Gasteiger partial charge < -0.3 is 10.1 Å². The van der Waals surface area contributed by atoms with Crippen molar-refractivity contribution in [3.05, 3.63) is 57.8 Å². The molecule has 1 amide bonds. The standard InChI is InChI=1S/C18H20N2O6S2/c1-28(24,25)20-10-9-14-7-8-16(27-14)15(21)12-26-17(22)11-19-18(23)13-5-3-2-4-6-13/h2-8,20H,9-12H2,1H3,(H,19,23). The van der Waals surface area contributed by atoms with E-state index in [2.05, 4.69) is 10.0 Å². The quantitative estimate of drug-likeness (QED) is 0.434. The van der Waals surface area contributed by atoms with Crippen LogP contribution in [0, 0.1) is 0 Å². The highest BCUT2D eigenvalue weighted by molar-refractivity contribution is 7.88. The van der Waals surface area contributed by atoms with E-state index < -0.39 is 28.5 Å². The molecule has 1 heterocycles. The maximum Gasteiger partial charge on any atom is 0.325 e. The summed E-state index contributed by atoms with van der Waals surface area (Å²) in [5.41, 5.74) is 0.419. The van der Waals surface area contributed by atoms with Crippen molar-refractivity contribution in [2.24, 2.45) is 0 Å². The van der Waals surface area contributed by atoms with Crippen LogP contribution in [-0.2, 0) is 26.0 Å². The molecule has 10 heteroatoms. The van der Waals surface area contributed by atoms with Gasteiger partial charge in [0, 0.05) is 17.0 Å². The molecule has 8 nitrogen and oxygen atoms in total. The van der Waals surface area contributed by atoms with Crippen molar-refractivity contribution in [1.29, 1.82) is 0 Å². The van der Waals surface area contributed by atoms with E-state index in [1.807, 2.05) is 0 Å². The number of amides is 1. The van der Waals surface area contributed by atoms with Gasteiger partial charge in [-0.25, -0.2) is 13.1 Å². The minimum atomic E-state index is -3.25. The van der Waals surface area contributed by atoms with Gasteiger partial charge in [0.15, 0.2) is 6.61 Å². The normalized spacial score (nSPS) is 11.0. The Hall–Kier alpha value is -2.56. The first-order chi connectivity index (χ1) is 13.2. The Morgan fingerprint density at radius 3 is 2.46 bits per heavy atom. The van der Waals surface area contributed by atoms with Crippen LogP contribution < -0.4 is 10.0 Å². The molecule has 0 aliphatic heterocycles. The number of benzene rings is 1. The third-order valence-electron chi connectivity index (χ3n) is 3.47. The lowest BCUT2D eigenvalue weighted by Gasteiger charge is -2.05. The molecule has 2 rings (SSSR count). The molecule has 150 valence electrons. The zero-order chi connectivity index (χ0) is 20.6. The van der Waals surface area contributed by atoms with Crippen LogP contribution in [-0.4, -0.2) is 52.0 Å². The molecule has 0 spiro atoms. The Balaban J connectivity index is 1.73. The number of hydrogen-bond donors (Lipinski definition) is 2. The number of sulfonamides is 1. The number of rotatable bonds is 10. The van der Waals surface area contributed by atoms with Gasteiger partial charge in [-0.1, -0.05) is 18.2 Å². The Morgan fingerprint density at radius 2 is 1.79 bits per heavy atom. The number of Topliss-reactive ketones (excluding diaryl/α,β-unsaturated/α-hetero) is 1. The van der Waals surface area contributed by atoms with Gasteiger partial charge in [-0.2, -0.15) is 0 Å². The van der Waals surface area contributed by atoms with Gasteiger partial charge >= 0.3 is 5.97 Å². The minimum absolute atomic E-state index is 0.239. The number of ether oxygens (including phenoxy) is 1. The molecule has 1 aromatic heterocycles.